The van der Waals surface area contributed by atoms with Gasteiger partial charge in [-0.15, -0.1) is 0 Å². The molecule has 4 heteroatoms. The Morgan fingerprint density at radius 1 is 0.935 bits per heavy atom. The molecular formula is C27H27N3O. The Bertz CT molecular complexity index is 1140. The van der Waals surface area contributed by atoms with Crippen LogP contribution in [0, 0.1) is 41.4 Å². The van der Waals surface area contributed by atoms with Crippen LogP contribution in [0.5, 0.6) is 0 Å². The zero-order chi connectivity index (χ0) is 22.0. The molecule has 4 nitrogen and oxygen atoms in total. The second kappa shape index (κ2) is 8.78. The molecule has 1 atom stereocenters. The second-order valence-electron chi connectivity index (χ2n) is 8.92. The van der Waals surface area contributed by atoms with Crippen molar-refractivity contribution < 1.29 is 4.79 Å². The van der Waals surface area contributed by atoms with Crippen molar-refractivity contribution in [1.82, 2.24) is 0 Å². The number of benzene rings is 2. The molecule has 4 rings (SSSR count). The van der Waals surface area contributed by atoms with Crippen molar-refractivity contribution in [3.63, 3.8) is 0 Å². The highest BCUT2D eigenvalue weighted by Crippen LogP contribution is 2.39. The van der Waals surface area contributed by atoms with Gasteiger partial charge in [0.2, 0.25) is 0 Å². The van der Waals surface area contributed by atoms with Gasteiger partial charge in [-0.25, -0.2) is 0 Å². The molecule has 0 radical (unpaired) electrons. The van der Waals surface area contributed by atoms with E-state index >= 15 is 0 Å². The first-order chi connectivity index (χ1) is 15.0. The summed E-state index contributed by atoms with van der Waals surface area (Å²) in [5, 5.41) is 19.0. The fraction of sp³-hybridized carbons (Fsp3) is 0.370. The van der Waals surface area contributed by atoms with Gasteiger partial charge in [-0.3, -0.25) is 4.79 Å². The smallest absolute Gasteiger partial charge is 0.132 e. The van der Waals surface area contributed by atoms with E-state index < -0.39 is 0 Å². The molecule has 0 bridgehead atoms. The lowest BCUT2D eigenvalue weighted by Crippen LogP contribution is -2.23. The molecule has 2 aliphatic carbocycles. The molecule has 0 amide bonds. The van der Waals surface area contributed by atoms with Crippen LogP contribution in [0.3, 0.4) is 0 Å². The summed E-state index contributed by atoms with van der Waals surface area (Å²) in [5.41, 5.74) is 13.1. The summed E-state index contributed by atoms with van der Waals surface area (Å²) in [6, 6.07) is 14.1. The summed E-state index contributed by atoms with van der Waals surface area (Å²) in [5.74, 6) is 1.50. The van der Waals surface area contributed by atoms with Gasteiger partial charge in [-0.05, 0) is 103 Å². The number of hydrogen-bond donors (Lipinski definition) is 1. The predicted octanol–water partition coefficient (Wildman–Crippen LogP) is 5.46. The molecule has 1 unspecified atom stereocenters. The number of rotatable bonds is 2. The summed E-state index contributed by atoms with van der Waals surface area (Å²) < 4.78 is 0. The van der Waals surface area contributed by atoms with Crippen molar-refractivity contribution in [2.24, 2.45) is 11.8 Å². The van der Waals surface area contributed by atoms with Gasteiger partial charge in [-0.1, -0.05) is 12.1 Å². The van der Waals surface area contributed by atoms with E-state index in [1.54, 1.807) is 6.07 Å². The molecule has 2 aliphatic rings. The molecule has 2 aromatic rings. The molecule has 0 spiro atoms. The summed E-state index contributed by atoms with van der Waals surface area (Å²) in [6.07, 6.45) is 8.62. The third-order valence-corrected chi connectivity index (χ3v) is 6.92. The lowest BCUT2D eigenvalue weighted by molar-refractivity contribution is -0.121. The van der Waals surface area contributed by atoms with Crippen molar-refractivity contribution >= 4 is 17.0 Å². The van der Waals surface area contributed by atoms with E-state index in [4.69, 9.17) is 5.73 Å². The molecule has 0 aromatic heterocycles. The van der Waals surface area contributed by atoms with E-state index in [1.165, 1.54) is 5.56 Å². The van der Waals surface area contributed by atoms with Gasteiger partial charge in [0.1, 0.15) is 5.78 Å². The molecule has 0 heterocycles. The molecule has 1 saturated carbocycles. The topological polar surface area (TPSA) is 90.7 Å². The number of fused-ring (bicyclic) bond motifs is 1. The minimum atomic E-state index is 0.395. The molecule has 2 N–H and O–H groups in total. The van der Waals surface area contributed by atoms with Crippen molar-refractivity contribution in [1.29, 1.82) is 10.5 Å². The quantitative estimate of drug-likeness (QED) is 0.666. The standard InChI is InChI=1S/C27H27N3O/c1-17-10-21-3-2-19(20-4-7-25(31)8-5-20)6-9-26(27(21)14-23(17)16-29)22-11-18(15-28)12-24(30)13-22/h9-14,19-20H,2-8,30H2,1H3/b26-9-. The molecule has 1 fully saturated rings. The maximum Gasteiger partial charge on any atom is 0.132 e. The highest BCUT2D eigenvalue weighted by molar-refractivity contribution is 5.84. The number of nitrogen functional groups attached to an aromatic ring is 1. The maximum atomic E-state index is 11.7. The Kier molecular flexibility index (Phi) is 5.92. The maximum absolute atomic E-state index is 11.7. The first-order valence-electron chi connectivity index (χ1n) is 11.1. The molecule has 156 valence electrons. The Hall–Kier alpha value is -3.37. The largest absolute Gasteiger partial charge is 0.399 e. The van der Waals surface area contributed by atoms with Crippen LogP contribution < -0.4 is 5.73 Å². The van der Waals surface area contributed by atoms with E-state index in [9.17, 15) is 15.3 Å². The third kappa shape index (κ3) is 4.39. The van der Waals surface area contributed by atoms with Gasteiger partial charge in [0, 0.05) is 18.5 Å². The summed E-state index contributed by atoms with van der Waals surface area (Å²) in [6.45, 7) is 1.99. The fourth-order valence-corrected chi connectivity index (χ4v) is 5.19. The zero-order valence-corrected chi connectivity index (χ0v) is 17.9. The lowest BCUT2D eigenvalue weighted by atomic mass is 9.73. The van der Waals surface area contributed by atoms with Gasteiger partial charge in [0.05, 0.1) is 23.3 Å². The van der Waals surface area contributed by atoms with Crippen LogP contribution in [0.15, 0.2) is 36.4 Å². The first kappa shape index (κ1) is 20.9. The average Bonchev–Trinajstić information content (AvgIpc) is 2.75. The number of anilines is 1. The number of allylic oxidation sites excluding steroid dienone is 1. The van der Waals surface area contributed by atoms with Gasteiger partial charge < -0.3 is 5.73 Å². The predicted molar refractivity (Wildman–Crippen MR) is 122 cm³/mol. The molecule has 0 aliphatic heterocycles. The van der Waals surface area contributed by atoms with E-state index in [1.807, 2.05) is 25.1 Å². The normalized spacial score (nSPS) is 21.1. The number of nitriles is 2. The summed E-state index contributed by atoms with van der Waals surface area (Å²) in [7, 11) is 0. The number of aryl methyl sites for hydroxylation is 2. The Morgan fingerprint density at radius 2 is 1.68 bits per heavy atom. The van der Waals surface area contributed by atoms with Crippen LogP contribution in [0.1, 0.15) is 71.9 Å². The minimum absolute atomic E-state index is 0.395. The Labute approximate surface area is 184 Å². The number of carbonyl (C=O) groups is 1. The number of Topliss-reactive ketones (excluding diaryl/α,β-unsaturated/α-hetero) is 1. The third-order valence-electron chi connectivity index (χ3n) is 6.92. The molecule has 0 saturated heterocycles. The van der Waals surface area contributed by atoms with Crippen LogP contribution in [-0.2, 0) is 11.2 Å². The Balaban J connectivity index is 1.80. The summed E-state index contributed by atoms with van der Waals surface area (Å²) >= 11 is 0. The van der Waals surface area contributed by atoms with Crippen molar-refractivity contribution in [2.75, 3.05) is 5.73 Å². The number of ketones is 1. The minimum Gasteiger partial charge on any atom is -0.399 e. The van der Waals surface area contributed by atoms with E-state index in [0.717, 1.165) is 54.4 Å². The highest BCUT2D eigenvalue weighted by Gasteiger charge is 2.28. The SMILES string of the molecule is Cc1cc2c(cc1C#N)/C(c1cc(N)cc(C#N)c1)=C\CC(C1CCC(=O)CC1)CC2. The second-order valence-corrected chi connectivity index (χ2v) is 8.92. The van der Waals surface area contributed by atoms with Crippen LogP contribution >= 0.6 is 0 Å². The van der Waals surface area contributed by atoms with Crippen LogP contribution in [-0.4, -0.2) is 5.78 Å². The van der Waals surface area contributed by atoms with E-state index in [0.29, 0.717) is 47.3 Å². The number of nitrogens with zero attached hydrogens (tertiary/aromatic N) is 2. The monoisotopic (exact) mass is 409 g/mol. The number of nitrogens with two attached hydrogens (primary N) is 1. The molecular weight excluding hydrogens is 382 g/mol. The van der Waals surface area contributed by atoms with Gasteiger partial charge >= 0.3 is 0 Å². The summed E-state index contributed by atoms with van der Waals surface area (Å²) in [4.78, 5) is 11.7. The van der Waals surface area contributed by atoms with Gasteiger partial charge in [-0.2, -0.15) is 10.5 Å². The van der Waals surface area contributed by atoms with Crippen molar-refractivity contribution in [3.05, 3.63) is 69.8 Å². The van der Waals surface area contributed by atoms with Crippen molar-refractivity contribution in [3.8, 4) is 12.1 Å². The lowest BCUT2D eigenvalue weighted by Gasteiger charge is -2.31. The first-order valence-corrected chi connectivity index (χ1v) is 11.1. The number of hydrogen-bond acceptors (Lipinski definition) is 4. The molecule has 2 aromatic carbocycles. The fourth-order valence-electron chi connectivity index (χ4n) is 5.19. The molecule has 31 heavy (non-hydrogen) atoms. The van der Waals surface area contributed by atoms with Crippen molar-refractivity contribution in [2.45, 2.75) is 51.9 Å². The van der Waals surface area contributed by atoms with Crippen LogP contribution in [0.4, 0.5) is 5.69 Å². The highest BCUT2D eigenvalue weighted by atomic mass is 16.1. The van der Waals surface area contributed by atoms with Gasteiger partial charge in [0.15, 0.2) is 0 Å². The zero-order valence-electron chi connectivity index (χ0n) is 17.9. The Morgan fingerprint density at radius 3 is 2.39 bits per heavy atom. The van der Waals surface area contributed by atoms with E-state index in [-0.39, 0.29) is 0 Å². The van der Waals surface area contributed by atoms with Crippen LogP contribution in [0.2, 0.25) is 0 Å². The van der Waals surface area contributed by atoms with Gasteiger partial charge in [0.25, 0.3) is 0 Å². The number of carbonyl (C=O) groups excluding carboxylic acids is 1. The average molecular weight is 410 g/mol. The van der Waals surface area contributed by atoms with Crippen LogP contribution in [0.25, 0.3) is 5.57 Å². The van der Waals surface area contributed by atoms with E-state index in [2.05, 4.69) is 24.3 Å².